The molecule has 0 saturated heterocycles. The van der Waals surface area contributed by atoms with E-state index in [2.05, 4.69) is 34.6 Å². The van der Waals surface area contributed by atoms with Crippen LogP contribution in [0.3, 0.4) is 0 Å². The smallest absolute Gasteiger partial charge is 0.313 e. The third-order valence-electron chi connectivity index (χ3n) is 2.78. The summed E-state index contributed by atoms with van der Waals surface area (Å²) in [7, 11) is 0. The van der Waals surface area contributed by atoms with Gasteiger partial charge >= 0.3 is 5.69 Å². The minimum atomic E-state index is -0.158. The standard InChI is InChI=1S/C13H18N4OS/c1-3-14-9-10-7-5-6-8-11(10)19-13-16-15-12(18)17(13)4-2/h5-8,14H,3-4,9H2,1-2H3,(H,15,18). The van der Waals surface area contributed by atoms with E-state index in [1.54, 1.807) is 4.57 Å². The molecule has 2 rings (SSSR count). The highest BCUT2D eigenvalue weighted by atomic mass is 32.2. The maximum Gasteiger partial charge on any atom is 0.343 e. The molecule has 5 nitrogen and oxygen atoms in total. The summed E-state index contributed by atoms with van der Waals surface area (Å²) in [6.07, 6.45) is 0. The molecular formula is C13H18N4OS. The van der Waals surface area contributed by atoms with Crippen LogP contribution in [-0.4, -0.2) is 21.3 Å². The highest BCUT2D eigenvalue weighted by Crippen LogP contribution is 2.28. The lowest BCUT2D eigenvalue weighted by Crippen LogP contribution is -2.16. The van der Waals surface area contributed by atoms with E-state index in [1.807, 2.05) is 19.1 Å². The number of aromatic amines is 1. The summed E-state index contributed by atoms with van der Waals surface area (Å²) in [5.74, 6) is 0. The first-order valence-electron chi connectivity index (χ1n) is 6.38. The predicted molar refractivity (Wildman–Crippen MR) is 76.5 cm³/mol. The van der Waals surface area contributed by atoms with Crippen LogP contribution in [0.2, 0.25) is 0 Å². The Hall–Kier alpha value is -1.53. The molecule has 6 heteroatoms. The van der Waals surface area contributed by atoms with Gasteiger partial charge in [0.05, 0.1) is 0 Å². The van der Waals surface area contributed by atoms with Gasteiger partial charge in [-0.2, -0.15) is 0 Å². The first kappa shape index (κ1) is 13.9. The van der Waals surface area contributed by atoms with Gasteiger partial charge in [-0.15, -0.1) is 5.10 Å². The second-order valence-corrected chi connectivity index (χ2v) is 5.05. The van der Waals surface area contributed by atoms with Crippen LogP contribution in [0, 0.1) is 0 Å². The predicted octanol–water partition coefficient (Wildman–Crippen LogP) is 1.85. The van der Waals surface area contributed by atoms with Crippen molar-refractivity contribution in [3.8, 4) is 0 Å². The first-order valence-corrected chi connectivity index (χ1v) is 7.19. The molecular weight excluding hydrogens is 260 g/mol. The number of hydrogen-bond acceptors (Lipinski definition) is 4. The summed E-state index contributed by atoms with van der Waals surface area (Å²) >= 11 is 1.52. The van der Waals surface area contributed by atoms with E-state index in [0.717, 1.165) is 18.0 Å². The topological polar surface area (TPSA) is 62.7 Å². The molecule has 0 amide bonds. The summed E-state index contributed by atoms with van der Waals surface area (Å²) in [5, 5.41) is 10.6. The number of rotatable bonds is 6. The summed E-state index contributed by atoms with van der Waals surface area (Å²) in [6, 6.07) is 8.16. The Morgan fingerprint density at radius 2 is 2.16 bits per heavy atom. The molecule has 0 radical (unpaired) electrons. The number of hydrogen-bond donors (Lipinski definition) is 2. The Morgan fingerprint density at radius 3 is 2.89 bits per heavy atom. The minimum absolute atomic E-state index is 0.158. The molecule has 1 aromatic heterocycles. The molecule has 102 valence electrons. The van der Waals surface area contributed by atoms with Crippen LogP contribution in [0.5, 0.6) is 0 Å². The lowest BCUT2D eigenvalue weighted by Gasteiger charge is -2.09. The molecule has 0 aliphatic rings. The van der Waals surface area contributed by atoms with E-state index >= 15 is 0 Å². The van der Waals surface area contributed by atoms with Crippen LogP contribution < -0.4 is 11.0 Å². The van der Waals surface area contributed by atoms with Crippen LogP contribution in [0.25, 0.3) is 0 Å². The molecule has 2 aromatic rings. The fourth-order valence-electron chi connectivity index (χ4n) is 1.77. The van der Waals surface area contributed by atoms with Crippen LogP contribution in [0.15, 0.2) is 39.1 Å². The van der Waals surface area contributed by atoms with Gasteiger partial charge in [0.2, 0.25) is 0 Å². The third-order valence-corrected chi connectivity index (χ3v) is 3.89. The zero-order chi connectivity index (χ0) is 13.7. The van der Waals surface area contributed by atoms with Crippen molar-refractivity contribution in [3.05, 3.63) is 40.3 Å². The molecule has 0 bridgehead atoms. The summed E-state index contributed by atoms with van der Waals surface area (Å²) in [5.41, 5.74) is 1.06. The normalized spacial score (nSPS) is 10.8. The highest BCUT2D eigenvalue weighted by Gasteiger charge is 2.10. The van der Waals surface area contributed by atoms with E-state index in [4.69, 9.17) is 0 Å². The number of H-pyrrole nitrogens is 1. The molecule has 0 aliphatic heterocycles. The maximum atomic E-state index is 11.5. The lowest BCUT2D eigenvalue weighted by atomic mass is 10.2. The van der Waals surface area contributed by atoms with Crippen LogP contribution in [0.4, 0.5) is 0 Å². The molecule has 2 N–H and O–H groups in total. The zero-order valence-electron chi connectivity index (χ0n) is 11.1. The van der Waals surface area contributed by atoms with Crippen molar-refractivity contribution in [2.75, 3.05) is 6.54 Å². The van der Waals surface area contributed by atoms with Crippen molar-refractivity contribution >= 4 is 11.8 Å². The molecule has 0 aliphatic carbocycles. The van der Waals surface area contributed by atoms with Gasteiger partial charge in [-0.3, -0.25) is 4.57 Å². The molecule has 1 aromatic carbocycles. The van der Waals surface area contributed by atoms with Crippen LogP contribution in [0.1, 0.15) is 19.4 Å². The van der Waals surface area contributed by atoms with Crippen molar-refractivity contribution in [3.63, 3.8) is 0 Å². The second kappa shape index (κ2) is 6.58. The van der Waals surface area contributed by atoms with Gasteiger partial charge in [0.1, 0.15) is 0 Å². The van der Waals surface area contributed by atoms with E-state index < -0.39 is 0 Å². The second-order valence-electron chi connectivity index (χ2n) is 4.05. The summed E-state index contributed by atoms with van der Waals surface area (Å²) in [6.45, 7) is 6.39. The molecule has 0 atom stereocenters. The van der Waals surface area contributed by atoms with Crippen molar-refractivity contribution in [1.29, 1.82) is 0 Å². The van der Waals surface area contributed by atoms with E-state index in [-0.39, 0.29) is 5.69 Å². The maximum absolute atomic E-state index is 11.5. The van der Waals surface area contributed by atoms with Crippen molar-refractivity contribution in [2.45, 2.75) is 37.0 Å². The summed E-state index contributed by atoms with van der Waals surface area (Å²) < 4.78 is 1.63. The van der Waals surface area contributed by atoms with Crippen LogP contribution in [-0.2, 0) is 13.1 Å². The number of nitrogens with zero attached hydrogens (tertiary/aromatic N) is 2. The SMILES string of the molecule is CCNCc1ccccc1Sc1n[nH]c(=O)n1CC. The highest BCUT2D eigenvalue weighted by molar-refractivity contribution is 7.99. The minimum Gasteiger partial charge on any atom is -0.313 e. The molecule has 19 heavy (non-hydrogen) atoms. The molecule has 0 spiro atoms. The third kappa shape index (κ3) is 3.27. The Labute approximate surface area is 116 Å². The van der Waals surface area contributed by atoms with Crippen molar-refractivity contribution in [2.24, 2.45) is 0 Å². The van der Waals surface area contributed by atoms with E-state index in [9.17, 15) is 4.79 Å². The molecule has 0 unspecified atom stereocenters. The van der Waals surface area contributed by atoms with E-state index in [0.29, 0.717) is 11.7 Å². The van der Waals surface area contributed by atoms with Gasteiger partial charge in [-0.25, -0.2) is 9.89 Å². The average molecular weight is 278 g/mol. The molecule has 1 heterocycles. The average Bonchev–Trinajstić information content (AvgIpc) is 2.78. The van der Waals surface area contributed by atoms with Gasteiger partial charge < -0.3 is 5.32 Å². The largest absolute Gasteiger partial charge is 0.343 e. The fraction of sp³-hybridized carbons (Fsp3) is 0.385. The quantitative estimate of drug-likeness (QED) is 0.846. The zero-order valence-corrected chi connectivity index (χ0v) is 12.0. The number of nitrogens with one attached hydrogen (secondary N) is 2. The first-order chi connectivity index (χ1) is 9.26. The van der Waals surface area contributed by atoms with Gasteiger partial charge in [0.15, 0.2) is 5.16 Å². The van der Waals surface area contributed by atoms with Gasteiger partial charge in [0.25, 0.3) is 0 Å². The Balaban J connectivity index is 2.25. The molecule has 0 fully saturated rings. The van der Waals surface area contributed by atoms with Crippen LogP contribution >= 0.6 is 11.8 Å². The number of aromatic nitrogens is 3. The van der Waals surface area contributed by atoms with Gasteiger partial charge in [-0.05, 0) is 36.9 Å². The van der Waals surface area contributed by atoms with Crippen molar-refractivity contribution in [1.82, 2.24) is 20.1 Å². The monoisotopic (exact) mass is 278 g/mol. The van der Waals surface area contributed by atoms with Crippen molar-refractivity contribution < 1.29 is 0 Å². The molecule has 0 saturated carbocycles. The number of benzene rings is 1. The Bertz CT molecular complexity index is 590. The Morgan fingerprint density at radius 1 is 1.37 bits per heavy atom. The lowest BCUT2D eigenvalue weighted by molar-refractivity contribution is 0.660. The Kier molecular flexibility index (Phi) is 4.81. The fourth-order valence-corrected chi connectivity index (χ4v) is 2.80. The van der Waals surface area contributed by atoms with Gasteiger partial charge in [-0.1, -0.05) is 25.1 Å². The van der Waals surface area contributed by atoms with Gasteiger partial charge in [0, 0.05) is 18.0 Å². The van der Waals surface area contributed by atoms with E-state index in [1.165, 1.54) is 17.3 Å². The summed E-state index contributed by atoms with van der Waals surface area (Å²) in [4.78, 5) is 12.7.